The van der Waals surface area contributed by atoms with Crippen molar-refractivity contribution in [1.82, 2.24) is 4.98 Å². The van der Waals surface area contributed by atoms with Crippen LogP contribution in [-0.2, 0) is 10.0 Å². The van der Waals surface area contributed by atoms with Gasteiger partial charge in [0.05, 0.1) is 21.3 Å². The van der Waals surface area contributed by atoms with Crippen LogP contribution < -0.4 is 14.8 Å². The number of nitrogens with one attached hydrogen (secondary N) is 2. The van der Waals surface area contributed by atoms with Gasteiger partial charge in [-0.25, -0.2) is 17.8 Å². The van der Waals surface area contributed by atoms with E-state index in [0.29, 0.717) is 16.3 Å². The topological polar surface area (TPSA) is 97.4 Å². The summed E-state index contributed by atoms with van der Waals surface area (Å²) >= 11 is 11.9. The van der Waals surface area contributed by atoms with Gasteiger partial charge >= 0.3 is 0 Å². The highest BCUT2D eigenvalue weighted by Crippen LogP contribution is 2.37. The highest BCUT2D eigenvalue weighted by atomic mass is 35.5. The second-order valence-electron chi connectivity index (χ2n) is 6.66. The number of benzene rings is 2. The average Bonchev–Trinajstić information content (AvgIpc) is 3.18. The van der Waals surface area contributed by atoms with Crippen molar-refractivity contribution in [2.45, 2.75) is 11.8 Å². The Bertz CT molecular complexity index is 1330. The molecule has 0 saturated heterocycles. The van der Waals surface area contributed by atoms with Gasteiger partial charge in [-0.1, -0.05) is 23.2 Å². The number of aryl methyl sites for hydroxylation is 1. The van der Waals surface area contributed by atoms with Crippen LogP contribution in [0.3, 0.4) is 0 Å². The molecule has 1 aliphatic heterocycles. The molecule has 7 nitrogen and oxygen atoms in total. The van der Waals surface area contributed by atoms with Crippen LogP contribution in [0.15, 0.2) is 47.5 Å². The molecule has 2 aromatic carbocycles. The van der Waals surface area contributed by atoms with Crippen LogP contribution in [0.5, 0.6) is 5.75 Å². The largest absolute Gasteiger partial charge is 0.470 e. The van der Waals surface area contributed by atoms with Gasteiger partial charge in [-0.2, -0.15) is 0 Å². The van der Waals surface area contributed by atoms with Gasteiger partial charge in [-0.05, 0) is 48.9 Å². The van der Waals surface area contributed by atoms with E-state index in [0.717, 1.165) is 6.07 Å². The predicted octanol–water partition coefficient (Wildman–Crippen LogP) is 4.63. The summed E-state index contributed by atoms with van der Waals surface area (Å²) in [6.45, 7) is 1.73. The van der Waals surface area contributed by atoms with Crippen LogP contribution in [0, 0.1) is 12.7 Å². The standard InChI is InChI=1S/C20H14Cl2FN3O4S/c1-10-6-12(2-3-13(10)22)31(28,29)26-16-7-11(21)8-24-18(16)19(27)17-14(23)4-5-15-20(17)30-9-25-15/h2-8,25-26H,9H2,1H3. The number of sulfonamides is 1. The molecule has 0 aliphatic carbocycles. The number of hydrogen-bond acceptors (Lipinski definition) is 6. The maximum Gasteiger partial charge on any atom is 0.261 e. The first kappa shape index (κ1) is 21.4. The molecule has 0 fully saturated rings. The second-order valence-corrected chi connectivity index (χ2v) is 9.19. The number of ether oxygens (including phenoxy) is 1. The molecule has 1 aliphatic rings. The molecule has 0 spiro atoms. The maximum absolute atomic E-state index is 14.5. The van der Waals surface area contributed by atoms with Gasteiger partial charge in [0.2, 0.25) is 5.78 Å². The van der Waals surface area contributed by atoms with Crippen LogP contribution >= 0.6 is 23.2 Å². The molecule has 3 aromatic rings. The van der Waals surface area contributed by atoms with E-state index in [1.54, 1.807) is 6.92 Å². The number of carbonyl (C=O) groups is 1. The molecule has 0 atom stereocenters. The van der Waals surface area contributed by atoms with Crippen molar-refractivity contribution in [3.63, 3.8) is 0 Å². The van der Waals surface area contributed by atoms with Crippen molar-refractivity contribution in [1.29, 1.82) is 0 Å². The van der Waals surface area contributed by atoms with E-state index in [2.05, 4.69) is 15.0 Å². The van der Waals surface area contributed by atoms with Crippen molar-refractivity contribution >= 4 is 50.4 Å². The molecule has 0 amide bonds. The number of nitrogens with zero attached hydrogens (tertiary/aromatic N) is 1. The van der Waals surface area contributed by atoms with Crippen molar-refractivity contribution in [2.24, 2.45) is 0 Å². The summed E-state index contributed by atoms with van der Waals surface area (Å²) in [7, 11) is -4.13. The molecule has 11 heteroatoms. The molecular weight excluding hydrogens is 468 g/mol. The van der Waals surface area contributed by atoms with E-state index < -0.39 is 21.6 Å². The summed E-state index contributed by atoms with van der Waals surface area (Å²) in [5.74, 6) is -1.66. The lowest BCUT2D eigenvalue weighted by atomic mass is 10.0. The molecule has 2 heterocycles. The summed E-state index contributed by atoms with van der Waals surface area (Å²) < 4.78 is 48.0. The minimum absolute atomic E-state index is 0.0314. The predicted molar refractivity (Wildman–Crippen MR) is 115 cm³/mol. The average molecular weight is 482 g/mol. The minimum atomic E-state index is -4.13. The zero-order chi connectivity index (χ0) is 22.3. The van der Waals surface area contributed by atoms with Gasteiger partial charge in [0.15, 0.2) is 12.5 Å². The molecule has 31 heavy (non-hydrogen) atoms. The van der Waals surface area contributed by atoms with E-state index in [9.17, 15) is 17.6 Å². The second kappa shape index (κ2) is 7.99. The Morgan fingerprint density at radius 1 is 1.23 bits per heavy atom. The van der Waals surface area contributed by atoms with Gasteiger partial charge in [0.1, 0.15) is 17.1 Å². The van der Waals surface area contributed by atoms with E-state index in [1.165, 1.54) is 36.5 Å². The first-order valence-electron chi connectivity index (χ1n) is 8.86. The lowest BCUT2D eigenvalue weighted by Gasteiger charge is -2.14. The number of ketones is 1. The molecule has 160 valence electrons. The summed E-state index contributed by atoms with van der Waals surface area (Å²) in [4.78, 5) is 17.1. The molecule has 4 rings (SSSR count). The quantitative estimate of drug-likeness (QED) is 0.515. The Hall–Kier alpha value is -2.88. The van der Waals surface area contributed by atoms with Crippen molar-refractivity contribution in [3.05, 3.63) is 75.3 Å². The number of carbonyl (C=O) groups excluding carboxylic acids is 1. The number of rotatable bonds is 5. The first-order chi connectivity index (χ1) is 14.7. The molecule has 2 N–H and O–H groups in total. The fourth-order valence-electron chi connectivity index (χ4n) is 3.05. The van der Waals surface area contributed by atoms with Gasteiger partial charge in [0, 0.05) is 11.2 Å². The molecule has 0 saturated carbocycles. The first-order valence-corrected chi connectivity index (χ1v) is 11.1. The Morgan fingerprint density at radius 2 is 2.00 bits per heavy atom. The number of aromatic nitrogens is 1. The fourth-order valence-corrected chi connectivity index (χ4v) is 4.47. The van der Waals surface area contributed by atoms with Gasteiger partial charge in [-0.15, -0.1) is 0 Å². The molecule has 0 unspecified atom stereocenters. The van der Waals surface area contributed by atoms with Gasteiger partial charge in [0.25, 0.3) is 10.0 Å². The van der Waals surface area contributed by atoms with Crippen LogP contribution in [-0.4, -0.2) is 25.9 Å². The summed E-state index contributed by atoms with van der Waals surface area (Å²) in [6, 6.07) is 7.93. The normalized spacial score (nSPS) is 12.6. The number of halogens is 3. The highest BCUT2D eigenvalue weighted by molar-refractivity contribution is 7.92. The lowest BCUT2D eigenvalue weighted by molar-refractivity contribution is 0.102. The van der Waals surface area contributed by atoms with Crippen LogP contribution in [0.2, 0.25) is 10.0 Å². The van der Waals surface area contributed by atoms with Gasteiger partial charge in [-0.3, -0.25) is 9.52 Å². The molecule has 0 bridgehead atoms. The van der Waals surface area contributed by atoms with Crippen LogP contribution in [0.4, 0.5) is 15.8 Å². The SMILES string of the molecule is Cc1cc(S(=O)(=O)Nc2cc(Cl)cnc2C(=O)c2c(F)ccc3c2OCN3)ccc1Cl. The molecule has 0 radical (unpaired) electrons. The Morgan fingerprint density at radius 3 is 2.74 bits per heavy atom. The monoisotopic (exact) mass is 481 g/mol. The Labute approximate surface area is 187 Å². The zero-order valence-corrected chi connectivity index (χ0v) is 18.2. The van der Waals surface area contributed by atoms with E-state index in [4.69, 9.17) is 27.9 Å². The highest BCUT2D eigenvalue weighted by Gasteiger charge is 2.29. The smallest absolute Gasteiger partial charge is 0.261 e. The lowest BCUT2D eigenvalue weighted by Crippen LogP contribution is -2.18. The van der Waals surface area contributed by atoms with Gasteiger partial charge < -0.3 is 10.1 Å². The van der Waals surface area contributed by atoms with E-state index in [-0.39, 0.29) is 39.3 Å². The van der Waals surface area contributed by atoms with E-state index >= 15 is 0 Å². The Kier molecular flexibility index (Phi) is 5.50. The van der Waals surface area contributed by atoms with Crippen LogP contribution in [0.25, 0.3) is 0 Å². The Balaban J connectivity index is 1.78. The number of fused-ring (bicyclic) bond motifs is 1. The van der Waals surface area contributed by atoms with Crippen molar-refractivity contribution < 1.29 is 22.3 Å². The fraction of sp³-hybridized carbons (Fsp3) is 0.100. The third-order valence-corrected chi connectivity index (χ3v) is 6.56. The summed E-state index contributed by atoms with van der Waals surface area (Å²) in [5.41, 5.74) is 0.101. The number of hydrogen-bond donors (Lipinski definition) is 2. The molecular formula is C20H14Cl2FN3O4S. The zero-order valence-electron chi connectivity index (χ0n) is 15.9. The summed E-state index contributed by atoms with van der Waals surface area (Å²) in [5, 5.41) is 3.35. The third kappa shape index (κ3) is 4.04. The van der Waals surface area contributed by atoms with E-state index in [1.807, 2.05) is 0 Å². The molecule has 1 aromatic heterocycles. The van der Waals surface area contributed by atoms with Crippen LogP contribution in [0.1, 0.15) is 21.6 Å². The van der Waals surface area contributed by atoms with Crippen molar-refractivity contribution in [3.8, 4) is 5.75 Å². The summed E-state index contributed by atoms with van der Waals surface area (Å²) in [6.07, 6.45) is 1.17. The maximum atomic E-state index is 14.5. The van der Waals surface area contributed by atoms with Crippen molar-refractivity contribution in [2.75, 3.05) is 16.8 Å². The number of anilines is 2. The number of pyridine rings is 1. The third-order valence-electron chi connectivity index (χ3n) is 4.57. The minimum Gasteiger partial charge on any atom is -0.470 e.